The second kappa shape index (κ2) is 7.89. The maximum atomic E-state index is 13.0. The highest BCUT2D eigenvalue weighted by molar-refractivity contribution is 7.99. The summed E-state index contributed by atoms with van der Waals surface area (Å²) in [6.45, 7) is 2.10. The Balaban J connectivity index is 1.31. The largest absolute Gasteiger partial charge is 0.454 e. The van der Waals surface area contributed by atoms with Crippen LogP contribution in [0.25, 0.3) is 11.5 Å². The van der Waals surface area contributed by atoms with Crippen LogP contribution in [0.5, 0.6) is 11.5 Å². The third-order valence-corrected chi connectivity index (χ3v) is 4.92. The van der Waals surface area contributed by atoms with E-state index in [1.807, 2.05) is 25.1 Å². The van der Waals surface area contributed by atoms with Crippen LogP contribution in [0, 0.1) is 5.82 Å². The molecular weight excluding hydrogens is 385 g/mol. The number of thioether (sulfide) groups is 1. The lowest BCUT2D eigenvalue weighted by Crippen LogP contribution is -2.28. The molecule has 0 radical (unpaired) electrons. The van der Waals surface area contributed by atoms with Gasteiger partial charge in [0, 0.05) is 5.56 Å². The van der Waals surface area contributed by atoms with Crippen molar-refractivity contribution < 1.29 is 23.1 Å². The molecule has 1 aliphatic heterocycles. The third kappa shape index (κ3) is 4.09. The first kappa shape index (κ1) is 18.3. The summed E-state index contributed by atoms with van der Waals surface area (Å²) in [5.74, 6) is 1.26. The van der Waals surface area contributed by atoms with E-state index in [1.54, 1.807) is 12.1 Å². The van der Waals surface area contributed by atoms with Crippen molar-refractivity contribution in [2.24, 2.45) is 0 Å². The van der Waals surface area contributed by atoms with Crippen LogP contribution < -0.4 is 14.8 Å². The molecule has 4 rings (SSSR count). The highest BCUT2D eigenvalue weighted by atomic mass is 32.2. The Morgan fingerprint density at radius 1 is 1.18 bits per heavy atom. The molecule has 7 nitrogen and oxygen atoms in total. The standard InChI is InChI=1S/C19H16FN3O4S/c1-11(13-4-7-15-16(8-13)26-10-25-15)21-17(24)9-28-19-23-22-18(27-19)12-2-5-14(20)6-3-12/h2-8,11H,9-10H2,1H3,(H,21,24)/t11-/m0/s1. The summed E-state index contributed by atoms with van der Waals surface area (Å²) in [7, 11) is 0. The van der Waals surface area contributed by atoms with E-state index in [9.17, 15) is 9.18 Å². The molecule has 28 heavy (non-hydrogen) atoms. The lowest BCUT2D eigenvalue weighted by molar-refractivity contribution is -0.119. The molecule has 0 spiro atoms. The number of benzene rings is 2. The van der Waals surface area contributed by atoms with Crippen LogP contribution in [0.15, 0.2) is 52.1 Å². The maximum Gasteiger partial charge on any atom is 0.277 e. The van der Waals surface area contributed by atoms with E-state index in [2.05, 4.69) is 15.5 Å². The van der Waals surface area contributed by atoms with Crippen molar-refractivity contribution in [3.05, 3.63) is 53.8 Å². The summed E-state index contributed by atoms with van der Waals surface area (Å²) < 4.78 is 29.1. The predicted octanol–water partition coefficient (Wildman–Crippen LogP) is 3.57. The number of carbonyl (C=O) groups excluding carboxylic acids is 1. The summed E-state index contributed by atoms with van der Waals surface area (Å²) in [5.41, 5.74) is 1.53. The quantitative estimate of drug-likeness (QED) is 0.632. The Morgan fingerprint density at radius 3 is 2.79 bits per heavy atom. The van der Waals surface area contributed by atoms with E-state index in [1.165, 1.54) is 12.1 Å². The number of nitrogens with zero attached hydrogens (tertiary/aromatic N) is 2. The number of hydrogen-bond donors (Lipinski definition) is 1. The highest BCUT2D eigenvalue weighted by Crippen LogP contribution is 2.34. The van der Waals surface area contributed by atoms with Gasteiger partial charge < -0.3 is 19.2 Å². The van der Waals surface area contributed by atoms with Gasteiger partial charge in [0.1, 0.15) is 5.82 Å². The highest BCUT2D eigenvalue weighted by Gasteiger charge is 2.17. The molecule has 0 saturated carbocycles. The summed E-state index contributed by atoms with van der Waals surface area (Å²) >= 11 is 1.13. The molecule has 0 aliphatic carbocycles. The molecule has 0 unspecified atom stereocenters. The minimum Gasteiger partial charge on any atom is -0.454 e. The first-order chi connectivity index (χ1) is 13.6. The number of aromatic nitrogens is 2. The first-order valence-electron chi connectivity index (χ1n) is 8.49. The van der Waals surface area contributed by atoms with Gasteiger partial charge in [-0.2, -0.15) is 0 Å². The van der Waals surface area contributed by atoms with Gasteiger partial charge in [0.15, 0.2) is 11.5 Å². The molecule has 1 N–H and O–H groups in total. The fourth-order valence-corrected chi connectivity index (χ4v) is 3.23. The van der Waals surface area contributed by atoms with Crippen molar-refractivity contribution in [1.29, 1.82) is 0 Å². The minimum atomic E-state index is -0.342. The van der Waals surface area contributed by atoms with Crippen LogP contribution in [0.3, 0.4) is 0 Å². The molecule has 0 bridgehead atoms. The van der Waals surface area contributed by atoms with E-state index in [-0.39, 0.29) is 41.4 Å². The van der Waals surface area contributed by atoms with Crippen LogP contribution >= 0.6 is 11.8 Å². The molecule has 2 aromatic carbocycles. The van der Waals surface area contributed by atoms with Crippen LogP contribution in [-0.2, 0) is 4.79 Å². The summed E-state index contributed by atoms with van der Waals surface area (Å²) in [4.78, 5) is 12.2. The average molecular weight is 401 g/mol. The molecule has 2 heterocycles. The SMILES string of the molecule is C[C@H](NC(=O)CSc1nnc(-c2ccc(F)cc2)o1)c1ccc2c(c1)OCO2. The number of amides is 1. The van der Waals surface area contributed by atoms with Gasteiger partial charge in [-0.05, 0) is 48.9 Å². The average Bonchev–Trinajstić information content (AvgIpc) is 3.35. The van der Waals surface area contributed by atoms with Gasteiger partial charge in [0.2, 0.25) is 18.6 Å². The van der Waals surface area contributed by atoms with Crippen molar-refractivity contribution in [2.75, 3.05) is 12.5 Å². The van der Waals surface area contributed by atoms with E-state index in [0.29, 0.717) is 17.1 Å². The fraction of sp³-hybridized carbons (Fsp3) is 0.211. The van der Waals surface area contributed by atoms with Gasteiger partial charge in [0.25, 0.3) is 5.22 Å². The van der Waals surface area contributed by atoms with Crippen LogP contribution in [0.1, 0.15) is 18.5 Å². The van der Waals surface area contributed by atoms with E-state index in [4.69, 9.17) is 13.9 Å². The number of halogens is 1. The Bertz CT molecular complexity index is 993. The molecule has 3 aromatic rings. The second-order valence-corrected chi connectivity index (χ2v) is 7.00. The first-order valence-corrected chi connectivity index (χ1v) is 9.48. The van der Waals surface area contributed by atoms with Gasteiger partial charge in [-0.15, -0.1) is 10.2 Å². The van der Waals surface area contributed by atoms with E-state index in [0.717, 1.165) is 17.3 Å². The monoisotopic (exact) mass is 401 g/mol. The van der Waals surface area contributed by atoms with Crippen LogP contribution in [0.4, 0.5) is 4.39 Å². The van der Waals surface area contributed by atoms with Crippen molar-refractivity contribution in [2.45, 2.75) is 18.2 Å². The maximum absolute atomic E-state index is 13.0. The van der Waals surface area contributed by atoms with Crippen LogP contribution in [0.2, 0.25) is 0 Å². The van der Waals surface area contributed by atoms with Crippen molar-refractivity contribution in [3.63, 3.8) is 0 Å². The smallest absolute Gasteiger partial charge is 0.277 e. The van der Waals surface area contributed by atoms with Gasteiger partial charge in [-0.25, -0.2) is 4.39 Å². The van der Waals surface area contributed by atoms with Gasteiger partial charge in [0.05, 0.1) is 11.8 Å². The lowest BCUT2D eigenvalue weighted by atomic mass is 10.1. The molecular formula is C19H16FN3O4S. The molecule has 9 heteroatoms. The predicted molar refractivity (Wildman–Crippen MR) is 99.5 cm³/mol. The molecule has 1 aromatic heterocycles. The van der Waals surface area contributed by atoms with Crippen LogP contribution in [-0.4, -0.2) is 28.7 Å². The molecule has 0 saturated heterocycles. The zero-order chi connectivity index (χ0) is 19.5. The number of hydrogen-bond acceptors (Lipinski definition) is 7. The number of rotatable bonds is 6. The van der Waals surface area contributed by atoms with Gasteiger partial charge in [-0.1, -0.05) is 17.8 Å². The second-order valence-electron chi connectivity index (χ2n) is 6.07. The normalized spacial score (nSPS) is 13.4. The molecule has 0 fully saturated rings. The lowest BCUT2D eigenvalue weighted by Gasteiger charge is -2.14. The van der Waals surface area contributed by atoms with Gasteiger partial charge >= 0.3 is 0 Å². The Labute approximate surface area is 164 Å². The number of carbonyl (C=O) groups is 1. The number of fused-ring (bicyclic) bond motifs is 1. The zero-order valence-electron chi connectivity index (χ0n) is 14.8. The van der Waals surface area contributed by atoms with Crippen molar-refractivity contribution in [1.82, 2.24) is 15.5 Å². The molecule has 1 atom stereocenters. The number of ether oxygens (including phenoxy) is 2. The minimum absolute atomic E-state index is 0.125. The Kier molecular flexibility index (Phi) is 5.16. The van der Waals surface area contributed by atoms with Gasteiger partial charge in [-0.3, -0.25) is 4.79 Å². The topological polar surface area (TPSA) is 86.5 Å². The van der Waals surface area contributed by atoms with E-state index >= 15 is 0 Å². The summed E-state index contributed by atoms with van der Waals surface area (Å²) in [5, 5.41) is 11.0. The molecule has 1 amide bonds. The molecule has 144 valence electrons. The fourth-order valence-electron chi connectivity index (χ4n) is 2.65. The Hall–Kier alpha value is -3.07. The zero-order valence-corrected chi connectivity index (χ0v) is 15.7. The molecule has 1 aliphatic rings. The number of nitrogens with one attached hydrogen (secondary N) is 1. The van der Waals surface area contributed by atoms with Crippen molar-refractivity contribution >= 4 is 17.7 Å². The summed E-state index contributed by atoms with van der Waals surface area (Å²) in [6.07, 6.45) is 0. The Morgan fingerprint density at radius 2 is 1.96 bits per heavy atom. The third-order valence-electron chi connectivity index (χ3n) is 4.10. The van der Waals surface area contributed by atoms with Crippen molar-refractivity contribution in [3.8, 4) is 23.0 Å². The van der Waals surface area contributed by atoms with E-state index < -0.39 is 0 Å². The summed E-state index contributed by atoms with van der Waals surface area (Å²) in [6, 6.07) is 11.1.